The van der Waals surface area contributed by atoms with E-state index in [-0.39, 0.29) is 5.91 Å². The predicted molar refractivity (Wildman–Crippen MR) is 43.7 cm³/mol. The Kier molecular flexibility index (Phi) is 1.98. The fraction of sp³-hybridized carbons (Fsp3) is 0.375. The van der Waals surface area contributed by atoms with Crippen LogP contribution in [-0.2, 0) is 4.79 Å². The molecular weight excluding hydrogens is 140 g/mol. The smallest absolute Gasteiger partial charge is 0.243 e. The fourth-order valence-electron chi connectivity index (χ4n) is 1.20. The number of hydrogen-bond acceptors (Lipinski definition) is 2. The molecule has 1 heterocycles. The lowest BCUT2D eigenvalue weighted by Gasteiger charge is -2.28. The largest absolute Gasteiger partial charge is 0.364 e. The molecule has 60 valence electrons. The molecular formula is C8H12N2O. The molecule has 1 N–H and O–H groups in total. The molecule has 3 nitrogen and oxygen atoms in total. The summed E-state index contributed by atoms with van der Waals surface area (Å²) in [4.78, 5) is 12.8. The molecule has 0 atom stereocenters. The van der Waals surface area contributed by atoms with Gasteiger partial charge in [-0.1, -0.05) is 12.7 Å². The Balaban J connectivity index is 2.83. The van der Waals surface area contributed by atoms with Gasteiger partial charge in [0.05, 0.1) is 17.9 Å². The fourth-order valence-corrected chi connectivity index (χ4v) is 1.20. The number of likely N-dealkylation sites (N-methyl/N-ethyl adjacent to an activating group) is 1. The first-order valence-electron chi connectivity index (χ1n) is 3.51. The van der Waals surface area contributed by atoms with Gasteiger partial charge >= 0.3 is 0 Å². The van der Waals surface area contributed by atoms with Crippen LogP contribution in [-0.4, -0.2) is 24.4 Å². The monoisotopic (exact) mass is 152 g/mol. The Hall–Kier alpha value is -1.25. The first-order valence-corrected chi connectivity index (χ1v) is 3.51. The zero-order chi connectivity index (χ0) is 8.43. The number of hydrogen-bond donors (Lipinski definition) is 1. The molecule has 1 rings (SSSR count). The third-order valence-corrected chi connectivity index (χ3v) is 1.66. The molecule has 0 radical (unpaired) electrons. The second-order valence-corrected chi connectivity index (χ2v) is 2.56. The van der Waals surface area contributed by atoms with Crippen molar-refractivity contribution < 1.29 is 4.79 Å². The summed E-state index contributed by atoms with van der Waals surface area (Å²) in [6.07, 6.45) is 1.93. The molecule has 3 heteroatoms. The van der Waals surface area contributed by atoms with E-state index in [0.717, 1.165) is 5.70 Å². The average Bonchev–Trinajstić information content (AvgIpc) is 1.85. The van der Waals surface area contributed by atoms with E-state index < -0.39 is 0 Å². The lowest BCUT2D eigenvalue weighted by Crippen LogP contribution is -2.42. The van der Waals surface area contributed by atoms with Crippen LogP contribution in [0, 0.1) is 0 Å². The minimum Gasteiger partial charge on any atom is -0.364 e. The Labute approximate surface area is 66.4 Å². The van der Waals surface area contributed by atoms with Gasteiger partial charge in [0.2, 0.25) is 5.91 Å². The molecule has 0 bridgehead atoms. The molecule has 1 fully saturated rings. The SMILES string of the molecule is C=C1NC(=O)CN(C)/C1=C/C. The van der Waals surface area contributed by atoms with Crippen molar-refractivity contribution in [3.63, 3.8) is 0 Å². The van der Waals surface area contributed by atoms with Gasteiger partial charge in [-0.25, -0.2) is 0 Å². The molecule has 1 amide bonds. The summed E-state index contributed by atoms with van der Waals surface area (Å²) in [5.41, 5.74) is 1.68. The van der Waals surface area contributed by atoms with Crippen molar-refractivity contribution in [2.75, 3.05) is 13.6 Å². The van der Waals surface area contributed by atoms with E-state index >= 15 is 0 Å². The number of piperazine rings is 1. The van der Waals surface area contributed by atoms with Gasteiger partial charge in [0.25, 0.3) is 0 Å². The highest BCUT2D eigenvalue weighted by molar-refractivity contribution is 5.82. The third-order valence-electron chi connectivity index (χ3n) is 1.66. The van der Waals surface area contributed by atoms with E-state index in [2.05, 4.69) is 11.9 Å². The van der Waals surface area contributed by atoms with Crippen molar-refractivity contribution in [1.29, 1.82) is 0 Å². The van der Waals surface area contributed by atoms with Crippen molar-refractivity contribution in [2.24, 2.45) is 0 Å². The molecule has 1 aliphatic rings. The van der Waals surface area contributed by atoms with E-state index in [0.29, 0.717) is 12.2 Å². The molecule has 1 saturated heterocycles. The molecule has 0 aliphatic carbocycles. The van der Waals surface area contributed by atoms with Crippen LogP contribution in [0.5, 0.6) is 0 Å². The second kappa shape index (κ2) is 2.78. The molecule has 11 heavy (non-hydrogen) atoms. The lowest BCUT2D eigenvalue weighted by atomic mass is 10.2. The number of allylic oxidation sites excluding steroid dienone is 1. The maximum absolute atomic E-state index is 10.9. The number of carbonyl (C=O) groups is 1. The molecule has 0 saturated carbocycles. The van der Waals surface area contributed by atoms with E-state index in [1.54, 1.807) is 0 Å². The van der Waals surface area contributed by atoms with Gasteiger partial charge in [0.15, 0.2) is 0 Å². The van der Waals surface area contributed by atoms with Crippen LogP contribution in [0.25, 0.3) is 0 Å². The first-order chi connectivity index (χ1) is 5.15. The summed E-state index contributed by atoms with van der Waals surface area (Å²) in [6, 6.07) is 0. The van der Waals surface area contributed by atoms with Crippen molar-refractivity contribution in [1.82, 2.24) is 10.2 Å². The summed E-state index contributed by atoms with van der Waals surface area (Å²) in [5, 5.41) is 2.67. The summed E-state index contributed by atoms with van der Waals surface area (Å²) >= 11 is 0. The normalized spacial score (nSPS) is 22.4. The van der Waals surface area contributed by atoms with Crippen LogP contribution in [0.15, 0.2) is 24.0 Å². The van der Waals surface area contributed by atoms with Crippen molar-refractivity contribution in [3.8, 4) is 0 Å². The maximum Gasteiger partial charge on any atom is 0.243 e. The number of carbonyl (C=O) groups excluding carboxylic acids is 1. The topological polar surface area (TPSA) is 32.3 Å². The van der Waals surface area contributed by atoms with E-state index in [4.69, 9.17) is 0 Å². The highest BCUT2D eigenvalue weighted by atomic mass is 16.2. The van der Waals surface area contributed by atoms with Gasteiger partial charge < -0.3 is 10.2 Å². The van der Waals surface area contributed by atoms with Gasteiger partial charge in [-0.05, 0) is 6.92 Å². The van der Waals surface area contributed by atoms with E-state index in [9.17, 15) is 4.79 Å². The summed E-state index contributed by atoms with van der Waals surface area (Å²) in [5.74, 6) is 0.00287. The number of nitrogens with one attached hydrogen (secondary N) is 1. The number of nitrogens with zero attached hydrogens (tertiary/aromatic N) is 1. The third kappa shape index (κ3) is 1.42. The molecule has 0 unspecified atom stereocenters. The maximum atomic E-state index is 10.9. The Morgan fingerprint density at radius 3 is 2.82 bits per heavy atom. The standard InChI is InChI=1S/C8H12N2O/c1-4-7-6(2)9-8(11)5-10(7)3/h4H,2,5H2,1,3H3,(H,9,11)/b7-4+. The van der Waals surface area contributed by atoms with Gasteiger partial charge in [0, 0.05) is 7.05 Å². The second-order valence-electron chi connectivity index (χ2n) is 2.56. The number of rotatable bonds is 0. The Morgan fingerprint density at radius 2 is 2.36 bits per heavy atom. The molecule has 0 aromatic carbocycles. The van der Waals surface area contributed by atoms with Gasteiger partial charge in [-0.2, -0.15) is 0 Å². The number of amides is 1. The zero-order valence-corrected chi connectivity index (χ0v) is 6.85. The molecule has 0 aromatic heterocycles. The quantitative estimate of drug-likeness (QED) is 0.547. The minimum absolute atomic E-state index is 0.00287. The molecule has 1 aliphatic heterocycles. The minimum atomic E-state index is 0.00287. The lowest BCUT2D eigenvalue weighted by molar-refractivity contribution is -0.121. The Morgan fingerprint density at radius 1 is 1.73 bits per heavy atom. The van der Waals surface area contributed by atoms with Crippen LogP contribution in [0.3, 0.4) is 0 Å². The van der Waals surface area contributed by atoms with Crippen molar-refractivity contribution in [2.45, 2.75) is 6.92 Å². The Bertz CT molecular complexity index is 230. The van der Waals surface area contributed by atoms with E-state index in [1.807, 2.05) is 24.9 Å². The van der Waals surface area contributed by atoms with Crippen LogP contribution < -0.4 is 5.32 Å². The van der Waals surface area contributed by atoms with Gasteiger partial charge in [-0.3, -0.25) is 4.79 Å². The zero-order valence-electron chi connectivity index (χ0n) is 6.85. The summed E-state index contributed by atoms with van der Waals surface area (Å²) in [6.45, 7) is 6.07. The summed E-state index contributed by atoms with van der Waals surface area (Å²) < 4.78 is 0. The molecule has 0 spiro atoms. The van der Waals surface area contributed by atoms with Gasteiger partial charge in [-0.15, -0.1) is 0 Å². The first kappa shape index (κ1) is 7.85. The van der Waals surface area contributed by atoms with Crippen molar-refractivity contribution >= 4 is 5.91 Å². The highest BCUT2D eigenvalue weighted by Gasteiger charge is 2.18. The summed E-state index contributed by atoms with van der Waals surface area (Å²) in [7, 11) is 1.87. The van der Waals surface area contributed by atoms with Crippen LogP contribution in [0.4, 0.5) is 0 Å². The predicted octanol–water partition coefficient (Wildman–Crippen LogP) is 0.465. The highest BCUT2D eigenvalue weighted by Crippen LogP contribution is 2.12. The van der Waals surface area contributed by atoms with Crippen LogP contribution >= 0.6 is 0 Å². The average molecular weight is 152 g/mol. The molecule has 0 aromatic rings. The van der Waals surface area contributed by atoms with Crippen molar-refractivity contribution in [3.05, 3.63) is 24.0 Å². The van der Waals surface area contributed by atoms with Gasteiger partial charge in [0.1, 0.15) is 0 Å². The van der Waals surface area contributed by atoms with Crippen LogP contribution in [0.2, 0.25) is 0 Å². The van der Waals surface area contributed by atoms with E-state index in [1.165, 1.54) is 0 Å². The van der Waals surface area contributed by atoms with Crippen LogP contribution in [0.1, 0.15) is 6.92 Å².